The number of fused-ring (bicyclic) bond motifs is 3. The normalized spacial score (nSPS) is 12.0. The molecule has 0 radical (unpaired) electrons. The molecule has 3 heteroatoms. The lowest BCUT2D eigenvalue weighted by Crippen LogP contribution is -2.12. The molecule has 1 aliphatic carbocycles. The first-order valence-corrected chi connectivity index (χ1v) is 12.7. The van der Waals surface area contributed by atoms with Crippen LogP contribution in [0, 0.1) is 6.92 Å². The summed E-state index contributed by atoms with van der Waals surface area (Å²) < 4.78 is 0. The first kappa shape index (κ1) is 23.4. The molecule has 0 fully saturated rings. The van der Waals surface area contributed by atoms with Crippen LogP contribution < -0.4 is 5.32 Å². The smallest absolute Gasteiger partial charge is 0.257 e. The van der Waals surface area contributed by atoms with Gasteiger partial charge in [-0.1, -0.05) is 109 Å². The van der Waals surface area contributed by atoms with Gasteiger partial charge in [-0.3, -0.25) is 4.79 Å². The molecule has 1 amide bonds. The van der Waals surface area contributed by atoms with E-state index in [1.54, 1.807) is 0 Å². The van der Waals surface area contributed by atoms with Gasteiger partial charge in [0.2, 0.25) is 0 Å². The van der Waals surface area contributed by atoms with E-state index in [-0.39, 0.29) is 5.91 Å². The third kappa shape index (κ3) is 4.58. The number of rotatable bonds is 5. The summed E-state index contributed by atoms with van der Waals surface area (Å²) in [6, 6.07) is 42.3. The summed E-state index contributed by atoms with van der Waals surface area (Å²) in [5.74, 6) is -0.192. The molecule has 0 unspecified atom stereocenters. The van der Waals surface area contributed by atoms with Gasteiger partial charge < -0.3 is 5.32 Å². The van der Waals surface area contributed by atoms with Crippen molar-refractivity contribution in [1.82, 2.24) is 0 Å². The Kier molecular flexibility index (Phi) is 6.25. The third-order valence-corrected chi connectivity index (χ3v) is 6.77. The monoisotopic (exact) mass is 490 g/mol. The highest BCUT2D eigenvalue weighted by Gasteiger charge is 2.23. The summed E-state index contributed by atoms with van der Waals surface area (Å²) >= 11 is 0. The summed E-state index contributed by atoms with van der Waals surface area (Å²) in [6.45, 7) is 2.08. The molecule has 182 valence electrons. The van der Waals surface area contributed by atoms with Crippen LogP contribution in [-0.4, -0.2) is 11.6 Å². The molecule has 38 heavy (non-hydrogen) atoms. The molecule has 0 saturated carbocycles. The van der Waals surface area contributed by atoms with Gasteiger partial charge in [0.05, 0.1) is 17.0 Å². The summed E-state index contributed by atoms with van der Waals surface area (Å²) in [7, 11) is 0. The molecular formula is C35H26N2O. The number of carbonyl (C=O) groups excluding carboxylic acids is 1. The lowest BCUT2D eigenvalue weighted by Gasteiger charge is -2.11. The number of hydrogen-bond acceptors (Lipinski definition) is 2. The number of benzene rings is 5. The number of para-hydroxylation sites is 2. The van der Waals surface area contributed by atoms with Crippen LogP contribution in [-0.2, 0) is 0 Å². The number of anilines is 1. The van der Waals surface area contributed by atoms with Gasteiger partial charge in [0, 0.05) is 11.3 Å². The Labute approximate surface area is 222 Å². The SMILES string of the molecule is Cc1ccc(C(C=C2c3ccccc3-c3ccccc32)=Nc2ccccc2C(=O)Nc2ccccc2)cc1. The van der Waals surface area contributed by atoms with Crippen LogP contribution >= 0.6 is 0 Å². The Hall–Kier alpha value is -5.02. The molecule has 1 N–H and O–H groups in total. The standard InChI is InChI=1S/C35H26N2O/c1-24-19-21-25(22-20-24)34(23-32-29-15-7-5-13-27(29)28-14-6-8-16-30(28)32)37-33-18-10-9-17-31(33)35(38)36-26-11-3-2-4-12-26/h2-23H,1H3,(H,36,38). The molecule has 0 heterocycles. The fraction of sp³-hybridized carbons (Fsp3) is 0.0286. The number of aryl methyl sites for hydroxylation is 1. The average Bonchev–Trinajstić information content (AvgIpc) is 3.27. The van der Waals surface area contributed by atoms with E-state index in [9.17, 15) is 4.79 Å². The number of aliphatic imine (C=N–C) groups is 1. The molecule has 1 aliphatic rings. The van der Waals surface area contributed by atoms with E-state index in [1.807, 2.05) is 54.6 Å². The number of nitrogens with one attached hydrogen (secondary N) is 1. The molecule has 6 rings (SSSR count). The Balaban J connectivity index is 1.50. The highest BCUT2D eigenvalue weighted by atomic mass is 16.1. The predicted molar refractivity (Wildman–Crippen MR) is 157 cm³/mol. The molecule has 0 aliphatic heterocycles. The summed E-state index contributed by atoms with van der Waals surface area (Å²) in [4.78, 5) is 18.4. The first-order valence-electron chi connectivity index (χ1n) is 12.7. The van der Waals surface area contributed by atoms with Gasteiger partial charge in [-0.2, -0.15) is 0 Å². The zero-order valence-electron chi connectivity index (χ0n) is 21.1. The van der Waals surface area contributed by atoms with Crippen molar-refractivity contribution >= 4 is 28.6 Å². The zero-order chi connectivity index (χ0) is 25.9. The van der Waals surface area contributed by atoms with Crippen molar-refractivity contribution in [2.24, 2.45) is 4.99 Å². The van der Waals surface area contributed by atoms with Gasteiger partial charge in [-0.25, -0.2) is 4.99 Å². The van der Waals surface area contributed by atoms with Crippen LogP contribution in [0.25, 0.3) is 16.7 Å². The van der Waals surface area contributed by atoms with Crippen molar-refractivity contribution in [3.8, 4) is 11.1 Å². The van der Waals surface area contributed by atoms with Crippen molar-refractivity contribution in [1.29, 1.82) is 0 Å². The minimum atomic E-state index is -0.192. The summed E-state index contributed by atoms with van der Waals surface area (Å²) in [5.41, 5.74) is 10.8. The van der Waals surface area contributed by atoms with Crippen molar-refractivity contribution in [3.05, 3.63) is 161 Å². The van der Waals surface area contributed by atoms with E-state index in [0.29, 0.717) is 11.3 Å². The molecule has 0 aromatic heterocycles. The number of allylic oxidation sites excluding steroid dienone is 1. The molecule has 0 spiro atoms. The lowest BCUT2D eigenvalue weighted by atomic mass is 9.99. The van der Waals surface area contributed by atoms with Crippen molar-refractivity contribution in [3.63, 3.8) is 0 Å². The maximum atomic E-state index is 13.3. The fourth-order valence-electron chi connectivity index (χ4n) is 4.86. The topological polar surface area (TPSA) is 41.5 Å². The second-order valence-corrected chi connectivity index (χ2v) is 9.35. The van der Waals surface area contributed by atoms with Crippen molar-refractivity contribution in [2.75, 3.05) is 5.32 Å². The zero-order valence-corrected chi connectivity index (χ0v) is 21.1. The molecule has 0 atom stereocenters. The molecule has 5 aromatic rings. The minimum Gasteiger partial charge on any atom is -0.322 e. The highest BCUT2D eigenvalue weighted by Crippen LogP contribution is 2.44. The van der Waals surface area contributed by atoms with Gasteiger partial charge in [0.25, 0.3) is 5.91 Å². The van der Waals surface area contributed by atoms with Crippen LogP contribution in [0.5, 0.6) is 0 Å². The fourth-order valence-corrected chi connectivity index (χ4v) is 4.86. The van der Waals surface area contributed by atoms with Gasteiger partial charge in [0.15, 0.2) is 0 Å². The predicted octanol–water partition coefficient (Wildman–Crippen LogP) is 8.48. The van der Waals surface area contributed by atoms with Crippen LogP contribution in [0.15, 0.2) is 138 Å². The number of amides is 1. The Bertz CT molecular complexity index is 1650. The summed E-state index contributed by atoms with van der Waals surface area (Å²) in [5, 5.41) is 2.99. The first-order chi connectivity index (χ1) is 18.7. The van der Waals surface area contributed by atoms with E-state index < -0.39 is 0 Å². The summed E-state index contributed by atoms with van der Waals surface area (Å²) in [6.07, 6.45) is 2.15. The van der Waals surface area contributed by atoms with E-state index >= 15 is 0 Å². The molecule has 3 nitrogen and oxygen atoms in total. The largest absolute Gasteiger partial charge is 0.322 e. The Morgan fingerprint density at radius 3 is 1.84 bits per heavy atom. The number of nitrogens with zero attached hydrogens (tertiary/aromatic N) is 1. The van der Waals surface area contributed by atoms with E-state index in [4.69, 9.17) is 4.99 Å². The quantitative estimate of drug-likeness (QED) is 0.242. The van der Waals surface area contributed by atoms with E-state index in [0.717, 1.165) is 22.5 Å². The van der Waals surface area contributed by atoms with Crippen LogP contribution in [0.1, 0.15) is 32.6 Å². The second-order valence-electron chi connectivity index (χ2n) is 9.35. The van der Waals surface area contributed by atoms with Crippen LogP contribution in [0.2, 0.25) is 0 Å². The van der Waals surface area contributed by atoms with Gasteiger partial charge >= 0.3 is 0 Å². The Morgan fingerprint density at radius 1 is 0.632 bits per heavy atom. The molecule has 0 bridgehead atoms. The minimum absolute atomic E-state index is 0.192. The van der Waals surface area contributed by atoms with Gasteiger partial charge in [0.1, 0.15) is 0 Å². The van der Waals surface area contributed by atoms with Crippen LogP contribution in [0.4, 0.5) is 11.4 Å². The maximum absolute atomic E-state index is 13.3. The lowest BCUT2D eigenvalue weighted by molar-refractivity contribution is 0.102. The van der Waals surface area contributed by atoms with Gasteiger partial charge in [-0.15, -0.1) is 0 Å². The molecule has 0 saturated heterocycles. The van der Waals surface area contributed by atoms with E-state index in [1.165, 1.54) is 27.8 Å². The number of hydrogen-bond donors (Lipinski definition) is 1. The van der Waals surface area contributed by atoms with E-state index in [2.05, 4.69) is 91.1 Å². The van der Waals surface area contributed by atoms with Crippen molar-refractivity contribution in [2.45, 2.75) is 6.92 Å². The third-order valence-electron chi connectivity index (χ3n) is 6.77. The van der Waals surface area contributed by atoms with Crippen LogP contribution in [0.3, 0.4) is 0 Å². The second kappa shape index (κ2) is 10.2. The maximum Gasteiger partial charge on any atom is 0.257 e. The number of carbonyl (C=O) groups is 1. The van der Waals surface area contributed by atoms with Gasteiger partial charge in [-0.05, 0) is 65.1 Å². The Morgan fingerprint density at radius 2 is 1.18 bits per heavy atom. The highest BCUT2D eigenvalue weighted by molar-refractivity contribution is 6.18. The average molecular weight is 491 g/mol. The van der Waals surface area contributed by atoms with Crippen molar-refractivity contribution < 1.29 is 4.79 Å². The molecule has 5 aromatic carbocycles. The molecular weight excluding hydrogens is 464 g/mol.